The van der Waals surface area contributed by atoms with Crippen LogP contribution in [0.1, 0.15) is 46.0 Å². The number of aliphatic hydroxyl groups excluding tert-OH is 1. The van der Waals surface area contributed by atoms with Crippen molar-refractivity contribution < 1.29 is 5.11 Å². The van der Waals surface area contributed by atoms with E-state index in [4.69, 9.17) is 0 Å². The van der Waals surface area contributed by atoms with Gasteiger partial charge >= 0.3 is 0 Å². The smallest absolute Gasteiger partial charge is 0.0686 e. The minimum absolute atomic E-state index is 0.327. The van der Waals surface area contributed by atoms with E-state index in [1.165, 1.54) is 6.42 Å². The standard InChI is InChI=1S/C12H20O/c1-4-5-6-7-8-9-12(13)10-11(2)3/h12-13H,2,4-6,9-10H2,1,3H3/t12-/m1/s1. The highest BCUT2D eigenvalue weighted by Crippen LogP contribution is 2.04. The lowest BCUT2D eigenvalue weighted by Gasteiger charge is -2.04. The summed E-state index contributed by atoms with van der Waals surface area (Å²) in [4.78, 5) is 0. The van der Waals surface area contributed by atoms with Crippen LogP contribution in [0.2, 0.25) is 0 Å². The van der Waals surface area contributed by atoms with Crippen LogP contribution in [-0.2, 0) is 0 Å². The van der Waals surface area contributed by atoms with Crippen molar-refractivity contribution in [2.75, 3.05) is 0 Å². The highest BCUT2D eigenvalue weighted by Gasteiger charge is 2.00. The Morgan fingerprint density at radius 3 is 2.69 bits per heavy atom. The summed E-state index contributed by atoms with van der Waals surface area (Å²) in [6.07, 6.45) is 4.22. The van der Waals surface area contributed by atoms with Crippen molar-refractivity contribution in [3.05, 3.63) is 12.2 Å². The molecular weight excluding hydrogens is 160 g/mol. The van der Waals surface area contributed by atoms with Crippen molar-refractivity contribution >= 4 is 0 Å². The Bertz CT molecular complexity index is 195. The van der Waals surface area contributed by atoms with Gasteiger partial charge in [0.2, 0.25) is 0 Å². The Balaban J connectivity index is 3.48. The lowest BCUT2D eigenvalue weighted by Crippen LogP contribution is -2.04. The van der Waals surface area contributed by atoms with E-state index in [-0.39, 0.29) is 6.10 Å². The van der Waals surface area contributed by atoms with E-state index in [0.29, 0.717) is 12.8 Å². The molecular formula is C12H20O. The van der Waals surface area contributed by atoms with Crippen molar-refractivity contribution in [1.29, 1.82) is 0 Å². The van der Waals surface area contributed by atoms with Crippen molar-refractivity contribution in [3.63, 3.8) is 0 Å². The van der Waals surface area contributed by atoms with Gasteiger partial charge in [-0.2, -0.15) is 0 Å². The molecule has 0 unspecified atom stereocenters. The number of rotatable bonds is 5. The fraction of sp³-hybridized carbons (Fsp3) is 0.667. The molecule has 0 aromatic heterocycles. The molecule has 0 spiro atoms. The van der Waals surface area contributed by atoms with Crippen molar-refractivity contribution in [2.24, 2.45) is 0 Å². The molecule has 1 heteroatoms. The van der Waals surface area contributed by atoms with Crippen molar-refractivity contribution in [1.82, 2.24) is 0 Å². The van der Waals surface area contributed by atoms with E-state index in [1.54, 1.807) is 0 Å². The highest BCUT2D eigenvalue weighted by atomic mass is 16.3. The second-order valence-corrected chi connectivity index (χ2v) is 3.48. The SMILES string of the molecule is C=C(C)C[C@H](O)CC#CCCCC. The van der Waals surface area contributed by atoms with E-state index in [1.807, 2.05) is 6.92 Å². The Hall–Kier alpha value is -0.740. The van der Waals surface area contributed by atoms with E-state index < -0.39 is 0 Å². The van der Waals surface area contributed by atoms with Gasteiger partial charge in [0.05, 0.1) is 6.10 Å². The summed E-state index contributed by atoms with van der Waals surface area (Å²) in [5.74, 6) is 6.04. The molecule has 0 fully saturated rings. The van der Waals surface area contributed by atoms with Crippen LogP contribution < -0.4 is 0 Å². The maximum atomic E-state index is 9.41. The van der Waals surface area contributed by atoms with Crippen LogP contribution in [0.5, 0.6) is 0 Å². The molecule has 74 valence electrons. The number of hydrogen-bond acceptors (Lipinski definition) is 1. The molecule has 0 heterocycles. The summed E-state index contributed by atoms with van der Waals surface area (Å²) >= 11 is 0. The zero-order valence-corrected chi connectivity index (χ0v) is 8.77. The normalized spacial score (nSPS) is 11.6. The third kappa shape index (κ3) is 9.17. The topological polar surface area (TPSA) is 20.2 Å². The fourth-order valence-corrected chi connectivity index (χ4v) is 1.02. The minimum atomic E-state index is -0.327. The van der Waals surface area contributed by atoms with Crippen LogP contribution in [0.4, 0.5) is 0 Å². The lowest BCUT2D eigenvalue weighted by atomic mass is 10.1. The fourth-order valence-electron chi connectivity index (χ4n) is 1.02. The Kier molecular flexibility index (Phi) is 7.44. The van der Waals surface area contributed by atoms with Gasteiger partial charge in [-0.3, -0.25) is 0 Å². The summed E-state index contributed by atoms with van der Waals surface area (Å²) in [6.45, 7) is 7.82. The molecule has 0 bridgehead atoms. The molecule has 0 aromatic carbocycles. The second kappa shape index (κ2) is 7.89. The van der Waals surface area contributed by atoms with Crippen LogP contribution in [0.3, 0.4) is 0 Å². The molecule has 13 heavy (non-hydrogen) atoms. The van der Waals surface area contributed by atoms with Gasteiger partial charge in [0.15, 0.2) is 0 Å². The molecule has 0 aliphatic rings. The molecule has 0 saturated heterocycles. The lowest BCUT2D eigenvalue weighted by molar-refractivity contribution is 0.180. The molecule has 1 atom stereocenters. The molecule has 0 rings (SSSR count). The number of aliphatic hydroxyl groups is 1. The van der Waals surface area contributed by atoms with Crippen LogP contribution in [0.15, 0.2) is 12.2 Å². The molecule has 0 aliphatic carbocycles. The maximum Gasteiger partial charge on any atom is 0.0686 e. The third-order valence-electron chi connectivity index (χ3n) is 1.70. The minimum Gasteiger partial charge on any atom is -0.392 e. The van der Waals surface area contributed by atoms with Gasteiger partial charge in [-0.1, -0.05) is 18.9 Å². The van der Waals surface area contributed by atoms with Crippen LogP contribution >= 0.6 is 0 Å². The van der Waals surface area contributed by atoms with E-state index in [9.17, 15) is 5.11 Å². The second-order valence-electron chi connectivity index (χ2n) is 3.48. The Morgan fingerprint density at radius 2 is 2.15 bits per heavy atom. The number of hydrogen-bond donors (Lipinski definition) is 1. The van der Waals surface area contributed by atoms with Gasteiger partial charge in [0.1, 0.15) is 0 Å². The first-order valence-corrected chi connectivity index (χ1v) is 4.95. The Morgan fingerprint density at radius 1 is 1.46 bits per heavy atom. The van der Waals surface area contributed by atoms with Gasteiger partial charge in [0, 0.05) is 12.8 Å². The van der Waals surface area contributed by atoms with Crippen molar-refractivity contribution in [2.45, 2.75) is 52.1 Å². The molecule has 1 N–H and O–H groups in total. The quantitative estimate of drug-likeness (QED) is 0.392. The van der Waals surface area contributed by atoms with Crippen molar-refractivity contribution in [3.8, 4) is 11.8 Å². The molecule has 0 saturated carbocycles. The first-order chi connectivity index (χ1) is 6.16. The van der Waals surface area contributed by atoms with Gasteiger partial charge in [-0.15, -0.1) is 18.4 Å². The third-order valence-corrected chi connectivity index (χ3v) is 1.70. The molecule has 0 aromatic rings. The first-order valence-electron chi connectivity index (χ1n) is 4.95. The summed E-state index contributed by atoms with van der Waals surface area (Å²) in [7, 11) is 0. The van der Waals surface area contributed by atoms with Crippen LogP contribution in [0, 0.1) is 11.8 Å². The summed E-state index contributed by atoms with van der Waals surface area (Å²) in [6, 6.07) is 0. The highest BCUT2D eigenvalue weighted by molar-refractivity contribution is 5.02. The largest absolute Gasteiger partial charge is 0.392 e. The average molecular weight is 180 g/mol. The van der Waals surface area contributed by atoms with Gasteiger partial charge in [-0.05, 0) is 19.8 Å². The molecule has 1 nitrogen and oxygen atoms in total. The predicted molar refractivity (Wildman–Crippen MR) is 57.4 cm³/mol. The van der Waals surface area contributed by atoms with E-state index in [2.05, 4.69) is 25.3 Å². The molecule has 0 aliphatic heterocycles. The monoisotopic (exact) mass is 180 g/mol. The predicted octanol–water partition coefficient (Wildman–Crippen LogP) is 2.90. The van der Waals surface area contributed by atoms with E-state index in [0.717, 1.165) is 18.4 Å². The Labute approximate surface area is 81.9 Å². The average Bonchev–Trinajstić information content (AvgIpc) is 2.02. The zero-order valence-electron chi connectivity index (χ0n) is 8.77. The van der Waals surface area contributed by atoms with Crippen LogP contribution in [0.25, 0.3) is 0 Å². The summed E-state index contributed by atoms with van der Waals surface area (Å²) in [5.41, 5.74) is 1.02. The maximum absolute atomic E-state index is 9.41. The summed E-state index contributed by atoms with van der Waals surface area (Å²) < 4.78 is 0. The first kappa shape index (κ1) is 12.3. The summed E-state index contributed by atoms with van der Waals surface area (Å²) in [5, 5.41) is 9.41. The number of unbranched alkanes of at least 4 members (excludes halogenated alkanes) is 2. The zero-order chi connectivity index (χ0) is 10.1. The molecule has 0 amide bonds. The van der Waals surface area contributed by atoms with Crippen LogP contribution in [-0.4, -0.2) is 11.2 Å². The van der Waals surface area contributed by atoms with Gasteiger partial charge < -0.3 is 5.11 Å². The van der Waals surface area contributed by atoms with E-state index >= 15 is 0 Å². The molecule has 0 radical (unpaired) electrons. The van der Waals surface area contributed by atoms with Gasteiger partial charge in [0.25, 0.3) is 0 Å². The van der Waals surface area contributed by atoms with Gasteiger partial charge in [-0.25, -0.2) is 0 Å².